The van der Waals surface area contributed by atoms with E-state index in [4.69, 9.17) is 9.84 Å². The van der Waals surface area contributed by atoms with Gasteiger partial charge in [-0.15, -0.1) is 0 Å². The molecule has 0 radical (unpaired) electrons. The second-order valence-corrected chi connectivity index (χ2v) is 3.83. The second kappa shape index (κ2) is 6.12. The maximum Gasteiger partial charge on any atom is 0.335 e. The number of hydrogen-bond acceptors (Lipinski definition) is 3. The smallest absolute Gasteiger partial charge is 0.335 e. The lowest BCUT2D eigenvalue weighted by atomic mass is 10.1. The minimum Gasteiger partial charge on any atom is -0.478 e. The van der Waals surface area contributed by atoms with Crippen molar-refractivity contribution in [2.75, 3.05) is 25.6 Å². The molecule has 0 aromatic heterocycles. The molecular weight excluding hydrogens is 206 g/mol. The van der Waals surface area contributed by atoms with Crippen molar-refractivity contribution >= 4 is 11.7 Å². The van der Waals surface area contributed by atoms with Crippen molar-refractivity contribution < 1.29 is 14.6 Å². The first-order chi connectivity index (χ1) is 7.63. The van der Waals surface area contributed by atoms with E-state index in [2.05, 4.69) is 12.2 Å². The summed E-state index contributed by atoms with van der Waals surface area (Å²) in [6.45, 7) is 3.51. The van der Waals surface area contributed by atoms with Crippen LogP contribution in [0.5, 0.6) is 0 Å². The quantitative estimate of drug-likeness (QED) is 0.775. The van der Waals surface area contributed by atoms with Crippen LogP contribution in [-0.2, 0) is 4.74 Å². The molecule has 0 aliphatic heterocycles. The first-order valence-corrected chi connectivity index (χ1v) is 5.19. The fourth-order valence-electron chi connectivity index (χ4n) is 1.40. The summed E-state index contributed by atoms with van der Waals surface area (Å²) < 4.78 is 5.02. The lowest BCUT2D eigenvalue weighted by Gasteiger charge is -2.12. The largest absolute Gasteiger partial charge is 0.478 e. The van der Waals surface area contributed by atoms with E-state index in [0.29, 0.717) is 18.1 Å². The minimum atomic E-state index is -0.909. The first kappa shape index (κ1) is 12.5. The SMILES string of the molecule is COCC(C)CNc1cccc(C(=O)O)c1. The number of carboxylic acids is 1. The van der Waals surface area contributed by atoms with Gasteiger partial charge in [0.2, 0.25) is 0 Å². The van der Waals surface area contributed by atoms with Crippen molar-refractivity contribution in [2.45, 2.75) is 6.92 Å². The van der Waals surface area contributed by atoms with Gasteiger partial charge in [-0.2, -0.15) is 0 Å². The summed E-state index contributed by atoms with van der Waals surface area (Å²) in [5, 5.41) is 12.0. The molecule has 4 heteroatoms. The lowest BCUT2D eigenvalue weighted by molar-refractivity contribution is 0.0697. The summed E-state index contributed by atoms with van der Waals surface area (Å²) in [4.78, 5) is 10.7. The van der Waals surface area contributed by atoms with Gasteiger partial charge in [-0.1, -0.05) is 13.0 Å². The summed E-state index contributed by atoms with van der Waals surface area (Å²) in [6, 6.07) is 6.78. The maximum atomic E-state index is 10.7. The van der Waals surface area contributed by atoms with E-state index in [-0.39, 0.29) is 0 Å². The highest BCUT2D eigenvalue weighted by Crippen LogP contribution is 2.11. The highest BCUT2D eigenvalue weighted by atomic mass is 16.5. The summed E-state index contributed by atoms with van der Waals surface area (Å²) in [7, 11) is 1.67. The summed E-state index contributed by atoms with van der Waals surface area (Å²) >= 11 is 0. The van der Waals surface area contributed by atoms with Crippen molar-refractivity contribution in [2.24, 2.45) is 5.92 Å². The Morgan fingerprint density at radius 2 is 2.31 bits per heavy atom. The number of benzene rings is 1. The Kier molecular flexibility index (Phi) is 4.79. The molecule has 88 valence electrons. The Morgan fingerprint density at radius 1 is 1.56 bits per heavy atom. The molecule has 0 aliphatic carbocycles. The Hall–Kier alpha value is -1.55. The normalized spacial score (nSPS) is 12.1. The summed E-state index contributed by atoms with van der Waals surface area (Å²) in [5.41, 5.74) is 1.12. The Balaban J connectivity index is 2.54. The third-order valence-corrected chi connectivity index (χ3v) is 2.22. The van der Waals surface area contributed by atoms with Gasteiger partial charge in [-0.05, 0) is 24.1 Å². The zero-order valence-electron chi connectivity index (χ0n) is 9.56. The molecule has 0 bridgehead atoms. The number of carboxylic acid groups (broad SMARTS) is 1. The molecule has 0 heterocycles. The topological polar surface area (TPSA) is 58.6 Å². The molecule has 1 atom stereocenters. The summed E-state index contributed by atoms with van der Waals surface area (Å²) in [6.07, 6.45) is 0. The van der Waals surface area contributed by atoms with Crippen LogP contribution in [0, 0.1) is 5.92 Å². The van der Waals surface area contributed by atoms with Crippen LogP contribution in [0.1, 0.15) is 17.3 Å². The third kappa shape index (κ3) is 3.90. The fraction of sp³-hybridized carbons (Fsp3) is 0.417. The van der Waals surface area contributed by atoms with Crippen LogP contribution in [0.2, 0.25) is 0 Å². The minimum absolute atomic E-state index is 0.296. The molecule has 0 amide bonds. The predicted molar refractivity (Wildman–Crippen MR) is 62.9 cm³/mol. The number of nitrogens with one attached hydrogen (secondary N) is 1. The highest BCUT2D eigenvalue weighted by molar-refractivity contribution is 5.88. The standard InChI is InChI=1S/C12H17NO3/c1-9(8-16-2)7-13-11-5-3-4-10(6-11)12(14)15/h3-6,9,13H,7-8H2,1-2H3,(H,14,15). The van der Waals surface area contributed by atoms with Gasteiger partial charge in [0.1, 0.15) is 0 Å². The van der Waals surface area contributed by atoms with Crippen molar-refractivity contribution in [3.63, 3.8) is 0 Å². The number of methoxy groups -OCH3 is 1. The molecular formula is C12H17NO3. The zero-order chi connectivity index (χ0) is 12.0. The van der Waals surface area contributed by atoms with Crippen LogP contribution in [0.3, 0.4) is 0 Å². The molecule has 0 fully saturated rings. The lowest BCUT2D eigenvalue weighted by Crippen LogP contribution is -2.15. The van der Waals surface area contributed by atoms with Gasteiger partial charge in [0.15, 0.2) is 0 Å². The molecule has 4 nitrogen and oxygen atoms in total. The molecule has 1 unspecified atom stereocenters. The van der Waals surface area contributed by atoms with Crippen LogP contribution >= 0.6 is 0 Å². The molecule has 0 aliphatic rings. The number of aromatic carboxylic acids is 1. The second-order valence-electron chi connectivity index (χ2n) is 3.83. The fourth-order valence-corrected chi connectivity index (χ4v) is 1.40. The van der Waals surface area contributed by atoms with E-state index in [0.717, 1.165) is 12.2 Å². The predicted octanol–water partition coefficient (Wildman–Crippen LogP) is 2.08. The molecule has 2 N–H and O–H groups in total. The molecule has 1 rings (SSSR count). The number of ether oxygens (including phenoxy) is 1. The number of rotatable bonds is 6. The molecule has 1 aromatic carbocycles. The van der Waals surface area contributed by atoms with Crippen molar-refractivity contribution in [1.82, 2.24) is 0 Å². The van der Waals surface area contributed by atoms with E-state index in [1.54, 1.807) is 25.3 Å². The third-order valence-electron chi connectivity index (χ3n) is 2.22. The van der Waals surface area contributed by atoms with E-state index in [9.17, 15) is 4.79 Å². The molecule has 0 saturated heterocycles. The van der Waals surface area contributed by atoms with Gasteiger partial charge < -0.3 is 15.2 Å². The monoisotopic (exact) mass is 223 g/mol. The van der Waals surface area contributed by atoms with Crippen LogP contribution in [0.4, 0.5) is 5.69 Å². The average Bonchev–Trinajstić information content (AvgIpc) is 2.27. The Bertz CT molecular complexity index is 352. The van der Waals surface area contributed by atoms with Crippen LogP contribution in [0.25, 0.3) is 0 Å². The molecule has 0 spiro atoms. The molecule has 16 heavy (non-hydrogen) atoms. The van der Waals surface area contributed by atoms with E-state index in [1.165, 1.54) is 0 Å². The van der Waals surface area contributed by atoms with Crippen molar-refractivity contribution in [3.8, 4) is 0 Å². The average molecular weight is 223 g/mol. The maximum absolute atomic E-state index is 10.7. The van der Waals surface area contributed by atoms with Gasteiger partial charge in [0.25, 0.3) is 0 Å². The van der Waals surface area contributed by atoms with E-state index in [1.807, 2.05) is 6.07 Å². The van der Waals surface area contributed by atoms with E-state index < -0.39 is 5.97 Å². The van der Waals surface area contributed by atoms with Crippen LogP contribution < -0.4 is 5.32 Å². The summed E-state index contributed by atoms with van der Waals surface area (Å²) in [5.74, 6) is -0.521. The molecule has 0 saturated carbocycles. The Labute approximate surface area is 95.2 Å². The van der Waals surface area contributed by atoms with Gasteiger partial charge in [-0.25, -0.2) is 4.79 Å². The van der Waals surface area contributed by atoms with E-state index >= 15 is 0 Å². The van der Waals surface area contributed by atoms with Crippen LogP contribution in [0.15, 0.2) is 24.3 Å². The van der Waals surface area contributed by atoms with Crippen molar-refractivity contribution in [3.05, 3.63) is 29.8 Å². The number of carbonyl (C=O) groups is 1. The van der Waals surface area contributed by atoms with Gasteiger partial charge >= 0.3 is 5.97 Å². The number of anilines is 1. The Morgan fingerprint density at radius 3 is 2.94 bits per heavy atom. The number of hydrogen-bond donors (Lipinski definition) is 2. The van der Waals surface area contributed by atoms with Crippen LogP contribution in [-0.4, -0.2) is 31.3 Å². The zero-order valence-corrected chi connectivity index (χ0v) is 9.56. The van der Waals surface area contributed by atoms with Crippen molar-refractivity contribution in [1.29, 1.82) is 0 Å². The van der Waals surface area contributed by atoms with Gasteiger partial charge in [0.05, 0.1) is 12.2 Å². The molecule has 1 aromatic rings. The highest BCUT2D eigenvalue weighted by Gasteiger charge is 2.04. The van der Waals surface area contributed by atoms with Gasteiger partial charge in [-0.3, -0.25) is 0 Å². The van der Waals surface area contributed by atoms with Gasteiger partial charge in [0, 0.05) is 19.3 Å². The first-order valence-electron chi connectivity index (χ1n) is 5.19.